The van der Waals surface area contributed by atoms with Crippen LogP contribution in [0.2, 0.25) is 5.15 Å². The van der Waals surface area contributed by atoms with Gasteiger partial charge >= 0.3 is 0 Å². The number of unbranched alkanes of at least 4 members (excludes halogenated alkanes) is 1. The Kier molecular flexibility index (Phi) is 7.94. The molecule has 0 atom stereocenters. The quantitative estimate of drug-likeness (QED) is 0.649. The molecule has 0 radical (unpaired) electrons. The van der Waals surface area contributed by atoms with Crippen LogP contribution in [0.15, 0.2) is 30.3 Å². The Hall–Kier alpha value is -2.31. The Morgan fingerprint density at radius 3 is 2.70 bits per heavy atom. The minimum atomic E-state index is -0.139. The molecule has 6 nitrogen and oxygen atoms in total. The van der Waals surface area contributed by atoms with E-state index in [0.717, 1.165) is 62.4 Å². The standard InChI is InChI=1S/C23H32ClN5O/c1-4-5-12-29-23(24)20(18(2)26-29)10-11-22(30)25-17-19-8-6-7-9-21(19)28-15-13-27(3)14-16-28/h6-11H,4-5,12-17H2,1-3H3,(H,25,30)/b11-10+. The number of rotatable bonds is 8. The molecule has 0 spiro atoms. The lowest BCUT2D eigenvalue weighted by Crippen LogP contribution is -2.45. The number of para-hydroxylation sites is 1. The van der Waals surface area contributed by atoms with Gasteiger partial charge in [-0.2, -0.15) is 5.10 Å². The fourth-order valence-electron chi connectivity index (χ4n) is 3.63. The zero-order chi connectivity index (χ0) is 21.5. The molecule has 1 aromatic heterocycles. The lowest BCUT2D eigenvalue weighted by molar-refractivity contribution is -0.116. The van der Waals surface area contributed by atoms with E-state index in [-0.39, 0.29) is 5.91 Å². The number of carbonyl (C=O) groups excluding carboxylic acids is 1. The highest BCUT2D eigenvalue weighted by Crippen LogP contribution is 2.23. The Morgan fingerprint density at radius 2 is 1.97 bits per heavy atom. The van der Waals surface area contributed by atoms with Crippen molar-refractivity contribution in [2.45, 2.75) is 39.8 Å². The zero-order valence-corrected chi connectivity index (χ0v) is 19.0. The van der Waals surface area contributed by atoms with Crippen LogP contribution in [-0.2, 0) is 17.9 Å². The molecule has 0 aliphatic carbocycles. The number of aromatic nitrogens is 2. The molecule has 1 fully saturated rings. The van der Waals surface area contributed by atoms with E-state index < -0.39 is 0 Å². The molecule has 162 valence electrons. The van der Waals surface area contributed by atoms with E-state index in [1.54, 1.807) is 12.2 Å². The minimum absolute atomic E-state index is 0.139. The van der Waals surface area contributed by atoms with Crippen molar-refractivity contribution in [2.75, 3.05) is 38.1 Å². The van der Waals surface area contributed by atoms with Crippen LogP contribution >= 0.6 is 11.6 Å². The highest BCUT2D eigenvalue weighted by Gasteiger charge is 2.17. The van der Waals surface area contributed by atoms with Crippen LogP contribution in [0, 0.1) is 6.92 Å². The summed E-state index contributed by atoms with van der Waals surface area (Å²) >= 11 is 6.45. The largest absolute Gasteiger partial charge is 0.369 e. The van der Waals surface area contributed by atoms with Crippen LogP contribution in [-0.4, -0.2) is 53.8 Å². The van der Waals surface area contributed by atoms with Crippen molar-refractivity contribution < 1.29 is 4.79 Å². The number of nitrogens with zero attached hydrogens (tertiary/aromatic N) is 4. The predicted molar refractivity (Wildman–Crippen MR) is 124 cm³/mol. The summed E-state index contributed by atoms with van der Waals surface area (Å²) in [7, 11) is 2.15. The monoisotopic (exact) mass is 429 g/mol. The summed E-state index contributed by atoms with van der Waals surface area (Å²) in [5.74, 6) is -0.139. The van der Waals surface area contributed by atoms with Crippen molar-refractivity contribution in [3.05, 3.63) is 52.3 Å². The van der Waals surface area contributed by atoms with Crippen LogP contribution in [0.3, 0.4) is 0 Å². The number of piperazine rings is 1. The zero-order valence-electron chi connectivity index (χ0n) is 18.2. The average molecular weight is 430 g/mol. The predicted octanol–water partition coefficient (Wildman–Crippen LogP) is 3.73. The molecule has 1 aliphatic rings. The Morgan fingerprint density at radius 1 is 1.23 bits per heavy atom. The molecule has 3 rings (SSSR count). The first kappa shape index (κ1) is 22.4. The maximum atomic E-state index is 12.4. The molecule has 2 heterocycles. The fraction of sp³-hybridized carbons (Fsp3) is 0.478. The van der Waals surface area contributed by atoms with Gasteiger partial charge in [0.05, 0.1) is 5.69 Å². The summed E-state index contributed by atoms with van der Waals surface area (Å²) in [6.07, 6.45) is 5.41. The van der Waals surface area contributed by atoms with Gasteiger partial charge in [0.15, 0.2) is 0 Å². The smallest absolute Gasteiger partial charge is 0.244 e. The van der Waals surface area contributed by atoms with Gasteiger partial charge in [-0.05, 0) is 38.1 Å². The molecule has 0 bridgehead atoms. The molecule has 7 heteroatoms. The topological polar surface area (TPSA) is 53.4 Å². The van der Waals surface area contributed by atoms with Crippen molar-refractivity contribution in [2.24, 2.45) is 0 Å². The highest BCUT2D eigenvalue weighted by molar-refractivity contribution is 6.31. The van der Waals surface area contributed by atoms with Crippen LogP contribution in [0.1, 0.15) is 36.6 Å². The number of hydrogen-bond acceptors (Lipinski definition) is 4. The number of carbonyl (C=O) groups is 1. The van der Waals surface area contributed by atoms with Gasteiger partial charge in [-0.1, -0.05) is 43.1 Å². The molecular formula is C23H32ClN5O. The summed E-state index contributed by atoms with van der Waals surface area (Å²) in [5, 5.41) is 8.07. The SMILES string of the molecule is CCCCn1nc(C)c(/C=C/C(=O)NCc2ccccc2N2CCN(C)CC2)c1Cl. The van der Waals surface area contributed by atoms with E-state index in [1.807, 2.05) is 17.7 Å². The number of anilines is 1. The Labute approximate surface area is 184 Å². The van der Waals surface area contributed by atoms with Crippen molar-refractivity contribution in [1.29, 1.82) is 0 Å². The minimum Gasteiger partial charge on any atom is -0.369 e. The van der Waals surface area contributed by atoms with E-state index in [9.17, 15) is 4.79 Å². The van der Waals surface area contributed by atoms with Gasteiger partial charge in [-0.3, -0.25) is 9.48 Å². The van der Waals surface area contributed by atoms with E-state index >= 15 is 0 Å². The fourth-order valence-corrected chi connectivity index (χ4v) is 3.95. The van der Waals surface area contributed by atoms with Crippen molar-refractivity contribution >= 4 is 29.3 Å². The molecule has 2 aromatic rings. The van der Waals surface area contributed by atoms with Crippen LogP contribution in [0.25, 0.3) is 6.08 Å². The van der Waals surface area contributed by atoms with Gasteiger partial charge in [-0.15, -0.1) is 0 Å². The molecular weight excluding hydrogens is 398 g/mol. The third kappa shape index (κ3) is 5.64. The number of likely N-dealkylation sites (N-methyl/N-ethyl adjacent to an activating group) is 1. The normalized spacial score (nSPS) is 15.1. The number of nitrogens with one attached hydrogen (secondary N) is 1. The summed E-state index contributed by atoms with van der Waals surface area (Å²) < 4.78 is 1.81. The van der Waals surface area contributed by atoms with Gasteiger partial charge in [0.2, 0.25) is 5.91 Å². The lowest BCUT2D eigenvalue weighted by Gasteiger charge is -2.35. The second-order valence-corrected chi connectivity index (χ2v) is 8.19. The van der Waals surface area contributed by atoms with Crippen molar-refractivity contribution in [1.82, 2.24) is 20.0 Å². The average Bonchev–Trinajstić information content (AvgIpc) is 3.02. The number of benzene rings is 1. The summed E-state index contributed by atoms with van der Waals surface area (Å²) in [6.45, 7) is 9.44. The van der Waals surface area contributed by atoms with E-state index in [4.69, 9.17) is 11.6 Å². The first-order valence-electron chi connectivity index (χ1n) is 10.7. The lowest BCUT2D eigenvalue weighted by atomic mass is 10.1. The first-order chi connectivity index (χ1) is 14.5. The molecule has 1 amide bonds. The van der Waals surface area contributed by atoms with Gasteiger partial charge in [0.25, 0.3) is 0 Å². The molecule has 0 saturated carbocycles. The van der Waals surface area contributed by atoms with Gasteiger partial charge in [-0.25, -0.2) is 0 Å². The summed E-state index contributed by atoms with van der Waals surface area (Å²) in [6, 6.07) is 8.29. The first-order valence-corrected chi connectivity index (χ1v) is 11.1. The Balaban J connectivity index is 1.61. The van der Waals surface area contributed by atoms with E-state index in [0.29, 0.717) is 11.7 Å². The van der Waals surface area contributed by atoms with Crippen molar-refractivity contribution in [3.8, 4) is 0 Å². The maximum Gasteiger partial charge on any atom is 0.244 e. The van der Waals surface area contributed by atoms with Crippen LogP contribution < -0.4 is 10.2 Å². The third-order valence-electron chi connectivity index (χ3n) is 5.52. The van der Waals surface area contributed by atoms with Gasteiger partial charge < -0.3 is 15.1 Å². The number of hydrogen-bond donors (Lipinski definition) is 1. The van der Waals surface area contributed by atoms with E-state index in [2.05, 4.69) is 52.4 Å². The molecule has 0 unspecified atom stereocenters. The molecule has 1 aliphatic heterocycles. The van der Waals surface area contributed by atoms with Gasteiger partial charge in [0.1, 0.15) is 5.15 Å². The maximum absolute atomic E-state index is 12.4. The van der Waals surface area contributed by atoms with E-state index in [1.165, 1.54) is 5.69 Å². The van der Waals surface area contributed by atoms with Crippen LogP contribution in [0.5, 0.6) is 0 Å². The summed E-state index contributed by atoms with van der Waals surface area (Å²) in [5.41, 5.74) is 3.97. The number of amides is 1. The Bertz CT molecular complexity index is 884. The summed E-state index contributed by atoms with van der Waals surface area (Å²) in [4.78, 5) is 17.2. The molecule has 30 heavy (non-hydrogen) atoms. The number of aryl methyl sites for hydroxylation is 2. The molecule has 1 N–H and O–H groups in total. The van der Waals surface area contributed by atoms with Crippen molar-refractivity contribution in [3.63, 3.8) is 0 Å². The molecule has 1 saturated heterocycles. The second-order valence-electron chi connectivity index (χ2n) is 7.84. The third-order valence-corrected chi connectivity index (χ3v) is 5.92. The van der Waals surface area contributed by atoms with Gasteiger partial charge in [0, 0.05) is 56.6 Å². The number of halogens is 1. The molecule has 1 aromatic carbocycles. The second kappa shape index (κ2) is 10.6. The van der Waals surface area contributed by atoms with Crippen LogP contribution in [0.4, 0.5) is 5.69 Å². The highest BCUT2D eigenvalue weighted by atomic mass is 35.5.